The first-order valence-electron chi connectivity index (χ1n) is 9.53. The molecule has 0 saturated carbocycles. The molecule has 1 aliphatic heterocycles. The zero-order chi connectivity index (χ0) is 18.2. The highest BCUT2D eigenvalue weighted by Crippen LogP contribution is 2.13. The summed E-state index contributed by atoms with van der Waals surface area (Å²) >= 11 is 0. The van der Waals surface area contributed by atoms with E-state index in [-0.39, 0.29) is 11.8 Å². The molecule has 0 aromatic heterocycles. The van der Waals surface area contributed by atoms with Crippen LogP contribution in [0.1, 0.15) is 24.0 Å². The predicted molar refractivity (Wildman–Crippen MR) is 103 cm³/mol. The Bertz CT molecular complexity index is 694. The SMILES string of the molecule is COc1cccc(C[NH+]2CCC(C(=O)NCCc3ccccc3)CC2)c1. The minimum absolute atomic E-state index is 0.167. The molecule has 4 heteroatoms. The summed E-state index contributed by atoms with van der Waals surface area (Å²) in [6.07, 6.45) is 2.83. The molecule has 2 N–H and O–H groups in total. The van der Waals surface area contributed by atoms with E-state index in [1.54, 1.807) is 12.0 Å². The Kier molecular flexibility index (Phi) is 6.67. The molecule has 1 amide bonds. The second kappa shape index (κ2) is 9.39. The van der Waals surface area contributed by atoms with Crippen molar-refractivity contribution in [2.45, 2.75) is 25.8 Å². The minimum atomic E-state index is 0.167. The number of nitrogens with one attached hydrogen (secondary N) is 2. The number of methoxy groups -OCH3 is 1. The van der Waals surface area contributed by atoms with E-state index in [1.807, 2.05) is 30.3 Å². The van der Waals surface area contributed by atoms with E-state index >= 15 is 0 Å². The van der Waals surface area contributed by atoms with Crippen molar-refractivity contribution in [3.05, 3.63) is 65.7 Å². The Balaban J connectivity index is 1.39. The molecule has 0 bridgehead atoms. The number of piperidine rings is 1. The smallest absolute Gasteiger partial charge is 0.223 e. The lowest BCUT2D eigenvalue weighted by Gasteiger charge is -2.28. The second-order valence-electron chi connectivity index (χ2n) is 7.08. The van der Waals surface area contributed by atoms with E-state index in [9.17, 15) is 4.79 Å². The quantitative estimate of drug-likeness (QED) is 0.798. The van der Waals surface area contributed by atoms with Gasteiger partial charge < -0.3 is 15.0 Å². The molecule has 4 nitrogen and oxygen atoms in total. The molecular weight excluding hydrogens is 324 g/mol. The number of benzene rings is 2. The highest BCUT2D eigenvalue weighted by atomic mass is 16.5. The lowest BCUT2D eigenvalue weighted by molar-refractivity contribution is -0.919. The molecular formula is C22H29N2O2+. The fourth-order valence-electron chi connectivity index (χ4n) is 3.66. The largest absolute Gasteiger partial charge is 0.497 e. The van der Waals surface area contributed by atoms with Gasteiger partial charge in [-0.05, 0) is 24.1 Å². The van der Waals surface area contributed by atoms with Gasteiger partial charge >= 0.3 is 0 Å². The maximum absolute atomic E-state index is 12.4. The molecule has 3 rings (SSSR count). The topological polar surface area (TPSA) is 42.8 Å². The molecule has 0 radical (unpaired) electrons. The Hall–Kier alpha value is -2.33. The van der Waals surface area contributed by atoms with Crippen molar-refractivity contribution < 1.29 is 14.4 Å². The Morgan fingerprint density at radius 2 is 1.81 bits per heavy atom. The van der Waals surface area contributed by atoms with Crippen molar-refractivity contribution in [3.8, 4) is 5.75 Å². The van der Waals surface area contributed by atoms with Crippen molar-refractivity contribution in [2.24, 2.45) is 5.92 Å². The Morgan fingerprint density at radius 3 is 2.54 bits per heavy atom. The number of carbonyl (C=O) groups is 1. The minimum Gasteiger partial charge on any atom is -0.497 e. The molecule has 2 aromatic rings. The van der Waals surface area contributed by atoms with Crippen LogP contribution in [-0.2, 0) is 17.8 Å². The summed E-state index contributed by atoms with van der Waals surface area (Å²) < 4.78 is 5.30. The predicted octanol–water partition coefficient (Wildman–Crippen LogP) is 1.85. The maximum atomic E-state index is 12.4. The maximum Gasteiger partial charge on any atom is 0.223 e. The highest BCUT2D eigenvalue weighted by Gasteiger charge is 2.27. The Labute approximate surface area is 156 Å². The van der Waals surface area contributed by atoms with Gasteiger partial charge in [-0.3, -0.25) is 4.79 Å². The summed E-state index contributed by atoms with van der Waals surface area (Å²) in [7, 11) is 1.70. The van der Waals surface area contributed by atoms with Gasteiger partial charge in [0.1, 0.15) is 12.3 Å². The van der Waals surface area contributed by atoms with Gasteiger partial charge in [-0.25, -0.2) is 0 Å². The molecule has 0 unspecified atom stereocenters. The number of ether oxygens (including phenoxy) is 1. The number of amides is 1. The van der Waals surface area contributed by atoms with Crippen LogP contribution in [0.3, 0.4) is 0 Å². The van der Waals surface area contributed by atoms with Crippen LogP contribution in [-0.4, -0.2) is 32.7 Å². The van der Waals surface area contributed by atoms with Crippen LogP contribution < -0.4 is 15.0 Å². The number of likely N-dealkylation sites (tertiary alicyclic amines) is 1. The second-order valence-corrected chi connectivity index (χ2v) is 7.08. The average Bonchev–Trinajstić information content (AvgIpc) is 2.69. The highest BCUT2D eigenvalue weighted by molar-refractivity contribution is 5.78. The summed E-state index contributed by atoms with van der Waals surface area (Å²) in [5.74, 6) is 1.30. The van der Waals surface area contributed by atoms with Crippen LogP contribution in [0.25, 0.3) is 0 Å². The molecule has 0 spiro atoms. The summed E-state index contributed by atoms with van der Waals surface area (Å²) in [4.78, 5) is 13.9. The first-order valence-corrected chi connectivity index (χ1v) is 9.53. The van der Waals surface area contributed by atoms with E-state index in [0.29, 0.717) is 0 Å². The molecule has 1 heterocycles. The number of rotatable bonds is 7. The molecule has 0 aliphatic carbocycles. The van der Waals surface area contributed by atoms with E-state index < -0.39 is 0 Å². The van der Waals surface area contributed by atoms with Crippen LogP contribution in [0.4, 0.5) is 0 Å². The number of quaternary nitrogens is 1. The number of hydrogen-bond acceptors (Lipinski definition) is 2. The molecule has 1 saturated heterocycles. The van der Waals surface area contributed by atoms with Crippen molar-refractivity contribution in [1.29, 1.82) is 0 Å². The average molecular weight is 353 g/mol. The zero-order valence-corrected chi connectivity index (χ0v) is 15.5. The normalized spacial score (nSPS) is 19.7. The molecule has 1 fully saturated rings. The van der Waals surface area contributed by atoms with E-state index in [1.165, 1.54) is 11.1 Å². The van der Waals surface area contributed by atoms with E-state index in [0.717, 1.165) is 51.2 Å². The van der Waals surface area contributed by atoms with Crippen molar-refractivity contribution in [2.75, 3.05) is 26.7 Å². The fourth-order valence-corrected chi connectivity index (χ4v) is 3.66. The number of carbonyl (C=O) groups excluding carboxylic acids is 1. The fraction of sp³-hybridized carbons (Fsp3) is 0.409. The van der Waals surface area contributed by atoms with Gasteiger partial charge in [0.2, 0.25) is 5.91 Å². The molecule has 0 atom stereocenters. The van der Waals surface area contributed by atoms with E-state index in [2.05, 4.69) is 29.6 Å². The van der Waals surface area contributed by atoms with Crippen molar-refractivity contribution in [3.63, 3.8) is 0 Å². The standard InChI is InChI=1S/C22H28N2O2/c1-26-21-9-5-8-19(16-21)17-24-14-11-20(12-15-24)22(25)23-13-10-18-6-3-2-4-7-18/h2-9,16,20H,10-15,17H2,1H3,(H,23,25)/p+1. The summed E-state index contributed by atoms with van der Waals surface area (Å²) in [6, 6.07) is 18.6. The summed E-state index contributed by atoms with van der Waals surface area (Å²) in [5.41, 5.74) is 2.57. The summed E-state index contributed by atoms with van der Waals surface area (Å²) in [5, 5.41) is 3.12. The van der Waals surface area contributed by atoms with Gasteiger partial charge in [-0.15, -0.1) is 0 Å². The monoisotopic (exact) mass is 353 g/mol. The van der Waals surface area contributed by atoms with Crippen molar-refractivity contribution in [1.82, 2.24) is 5.32 Å². The lowest BCUT2D eigenvalue weighted by atomic mass is 9.95. The van der Waals surface area contributed by atoms with Crippen LogP contribution in [0, 0.1) is 5.92 Å². The van der Waals surface area contributed by atoms with Gasteiger partial charge in [0.05, 0.1) is 20.2 Å². The molecule has 2 aromatic carbocycles. The van der Waals surface area contributed by atoms with Gasteiger partial charge in [-0.1, -0.05) is 42.5 Å². The van der Waals surface area contributed by atoms with Crippen LogP contribution >= 0.6 is 0 Å². The van der Waals surface area contributed by atoms with Crippen LogP contribution in [0.2, 0.25) is 0 Å². The lowest BCUT2D eigenvalue weighted by Crippen LogP contribution is -3.11. The molecule has 1 aliphatic rings. The third-order valence-corrected chi connectivity index (χ3v) is 5.21. The zero-order valence-electron chi connectivity index (χ0n) is 15.5. The Morgan fingerprint density at radius 1 is 1.08 bits per heavy atom. The molecule has 138 valence electrons. The molecule has 26 heavy (non-hydrogen) atoms. The first-order chi connectivity index (χ1) is 12.7. The van der Waals surface area contributed by atoms with Crippen LogP contribution in [0.5, 0.6) is 5.75 Å². The third kappa shape index (κ3) is 5.33. The third-order valence-electron chi connectivity index (χ3n) is 5.21. The van der Waals surface area contributed by atoms with Gasteiger partial charge in [0, 0.05) is 30.9 Å². The van der Waals surface area contributed by atoms with E-state index in [4.69, 9.17) is 4.74 Å². The van der Waals surface area contributed by atoms with Gasteiger partial charge in [0.15, 0.2) is 0 Å². The van der Waals surface area contributed by atoms with Gasteiger partial charge in [-0.2, -0.15) is 0 Å². The van der Waals surface area contributed by atoms with Crippen LogP contribution in [0.15, 0.2) is 54.6 Å². The van der Waals surface area contributed by atoms with Gasteiger partial charge in [0.25, 0.3) is 0 Å². The number of hydrogen-bond donors (Lipinski definition) is 2. The first kappa shape index (κ1) is 18.5. The summed E-state index contributed by atoms with van der Waals surface area (Å²) in [6.45, 7) is 3.82. The van der Waals surface area contributed by atoms with Crippen molar-refractivity contribution >= 4 is 5.91 Å².